The molecule has 0 bridgehead atoms. The van der Waals surface area contributed by atoms with Crippen LogP contribution in [0, 0.1) is 5.92 Å². The first kappa shape index (κ1) is 8.43. The molecule has 0 aliphatic heterocycles. The summed E-state index contributed by atoms with van der Waals surface area (Å²) in [6.07, 6.45) is 0.329. The van der Waals surface area contributed by atoms with Crippen LogP contribution in [0.4, 0.5) is 0 Å². The highest BCUT2D eigenvalue weighted by molar-refractivity contribution is 5.72. The maximum absolute atomic E-state index is 9.98. The molecule has 0 rings (SSSR count). The second-order valence-electron chi connectivity index (χ2n) is 2.48. The maximum atomic E-state index is 9.98. The van der Waals surface area contributed by atoms with Crippen molar-refractivity contribution in [1.29, 1.82) is 0 Å². The molecule has 3 nitrogen and oxygen atoms in total. The normalized spacial score (nSPS) is 13.8. The fraction of sp³-hybridized carbons (Fsp3) is 0.833. The van der Waals surface area contributed by atoms with Gasteiger partial charge >= 0.3 is 5.97 Å². The lowest BCUT2D eigenvalue weighted by Crippen LogP contribution is -2.22. The molecular weight excluding hydrogens is 119 g/mol. The molecule has 0 aliphatic carbocycles. The summed E-state index contributed by atoms with van der Waals surface area (Å²) in [7, 11) is 0. The molecule has 52 valence electrons. The van der Waals surface area contributed by atoms with Gasteiger partial charge in [-0.1, -0.05) is 13.8 Å². The number of hydrogen-bond donors (Lipinski definition) is 1. The first-order valence-electron chi connectivity index (χ1n) is 2.95. The monoisotopic (exact) mass is 130 g/mol. The number of hydrogen-bond acceptors (Lipinski definition) is 1. The Hall–Kier alpha value is -0.570. The summed E-state index contributed by atoms with van der Waals surface area (Å²) in [5.74, 6) is -0.903. The van der Waals surface area contributed by atoms with Crippen LogP contribution in [-0.2, 0) is 4.79 Å². The molecular formula is C6H11NO2. The van der Waals surface area contributed by atoms with Crippen molar-refractivity contribution in [2.75, 3.05) is 0 Å². The van der Waals surface area contributed by atoms with E-state index in [1.54, 1.807) is 0 Å². The third-order valence-electron chi connectivity index (χ3n) is 0.980. The molecule has 0 saturated carbocycles. The van der Waals surface area contributed by atoms with Crippen LogP contribution in [0.3, 0.4) is 0 Å². The lowest BCUT2D eigenvalue weighted by molar-refractivity contribution is -0.139. The molecule has 1 atom stereocenters. The zero-order valence-corrected chi connectivity index (χ0v) is 5.66. The van der Waals surface area contributed by atoms with Crippen molar-refractivity contribution in [3.8, 4) is 0 Å². The standard InChI is InChI=1S/C6H11NO2/c1-4(2)3-5(7)6(8)9/h4-5H,3H2,1-2H3,(H,8,9)/t5-/m0/s1/i7+1. The highest BCUT2D eigenvalue weighted by Gasteiger charge is 2.14. The van der Waals surface area contributed by atoms with Crippen LogP contribution in [0.5, 0.6) is 0 Å². The quantitative estimate of drug-likeness (QED) is 0.567. The van der Waals surface area contributed by atoms with Crippen molar-refractivity contribution in [3.05, 3.63) is 0 Å². The van der Waals surface area contributed by atoms with E-state index in [2.05, 4.69) is 0 Å². The zero-order chi connectivity index (χ0) is 7.44. The number of nitrogens with zero attached hydrogens (tertiary/aromatic N) is 1. The Morgan fingerprint density at radius 3 is 2.22 bits per heavy atom. The summed E-state index contributed by atoms with van der Waals surface area (Å²) in [4.78, 5) is 9.98. The Bertz CT molecular complexity index is 101. The number of carbonyl (C=O) groups is 1. The highest BCUT2D eigenvalue weighted by atomic mass is 16.4. The molecule has 3 heteroatoms. The molecule has 0 spiro atoms. The van der Waals surface area contributed by atoms with Gasteiger partial charge in [-0.25, -0.2) is 0 Å². The molecule has 1 N–H and O–H groups in total. The number of carboxylic acids is 1. The van der Waals surface area contributed by atoms with E-state index in [0.717, 1.165) is 0 Å². The molecule has 9 heavy (non-hydrogen) atoms. The average Bonchev–Trinajstić information content (AvgIpc) is 1.63. The summed E-state index contributed by atoms with van der Waals surface area (Å²) in [6, 6.07) is -1.19. The van der Waals surface area contributed by atoms with Crippen LogP contribution in [0.1, 0.15) is 20.3 Å². The van der Waals surface area contributed by atoms with E-state index in [-0.39, 0.29) is 5.92 Å². The van der Waals surface area contributed by atoms with E-state index < -0.39 is 12.0 Å². The highest BCUT2D eigenvalue weighted by Crippen LogP contribution is 2.02. The van der Waals surface area contributed by atoms with Gasteiger partial charge in [0.25, 0.3) is 0 Å². The third-order valence-corrected chi connectivity index (χ3v) is 0.980. The Kier molecular flexibility index (Phi) is 3.24. The van der Waals surface area contributed by atoms with Gasteiger partial charge in [-0.2, -0.15) is 0 Å². The minimum absolute atomic E-state index is 0.232. The molecule has 0 aromatic carbocycles. The number of aliphatic carboxylic acids is 1. The molecule has 0 aromatic rings. The fourth-order valence-corrected chi connectivity index (χ4v) is 0.547. The summed E-state index contributed by atoms with van der Waals surface area (Å²) in [6.45, 7) is 3.73. The first-order valence-corrected chi connectivity index (χ1v) is 2.95. The van der Waals surface area contributed by atoms with E-state index in [0.29, 0.717) is 6.42 Å². The fourth-order valence-electron chi connectivity index (χ4n) is 0.547. The summed E-state index contributed by atoms with van der Waals surface area (Å²) < 4.78 is 0. The zero-order valence-electron chi connectivity index (χ0n) is 5.66. The number of carboxylic acid groups (broad SMARTS) is 1. The lowest BCUT2D eigenvalue weighted by Gasteiger charge is -2.05. The van der Waals surface area contributed by atoms with Gasteiger partial charge in [0.15, 0.2) is 0 Å². The van der Waals surface area contributed by atoms with Gasteiger partial charge in [-0.05, 0) is 12.3 Å². The van der Waals surface area contributed by atoms with Crippen LogP contribution in [-0.4, -0.2) is 17.1 Å². The topological polar surface area (TPSA) is 59.6 Å². The predicted octanol–water partition coefficient (Wildman–Crippen LogP) is 0.554. The Morgan fingerprint density at radius 2 is 2.11 bits per heavy atom. The smallest absolute Gasteiger partial charge is 0.324 e. The molecule has 0 aromatic heterocycles. The van der Waals surface area contributed by atoms with E-state index in [1.807, 2.05) is 13.8 Å². The summed E-state index contributed by atoms with van der Waals surface area (Å²) >= 11 is 0. The second kappa shape index (κ2) is 3.45. The van der Waals surface area contributed by atoms with Gasteiger partial charge in [0, 0.05) is 0 Å². The SMILES string of the molecule is CC(C)C[C@H]([15N])C(=O)O. The van der Waals surface area contributed by atoms with Crippen molar-refractivity contribution in [2.45, 2.75) is 26.3 Å². The predicted molar refractivity (Wildman–Crippen MR) is 33.0 cm³/mol. The second-order valence-corrected chi connectivity index (χ2v) is 2.48. The Labute approximate surface area is 54.9 Å². The molecule has 0 heterocycles. The van der Waals surface area contributed by atoms with Crippen LogP contribution >= 0.6 is 0 Å². The van der Waals surface area contributed by atoms with E-state index in [4.69, 9.17) is 10.8 Å². The van der Waals surface area contributed by atoms with E-state index in [1.165, 1.54) is 0 Å². The third kappa shape index (κ3) is 3.97. The molecule has 2 radical (unpaired) electrons. The average molecular weight is 130 g/mol. The van der Waals surface area contributed by atoms with Gasteiger partial charge in [0.1, 0.15) is 6.04 Å². The van der Waals surface area contributed by atoms with Gasteiger partial charge in [0.05, 0.1) is 0 Å². The maximum Gasteiger partial charge on any atom is 0.324 e. The Morgan fingerprint density at radius 1 is 1.67 bits per heavy atom. The van der Waals surface area contributed by atoms with E-state index in [9.17, 15) is 4.79 Å². The van der Waals surface area contributed by atoms with E-state index >= 15 is 0 Å². The van der Waals surface area contributed by atoms with Gasteiger partial charge in [0.2, 0.25) is 0 Å². The van der Waals surface area contributed by atoms with Crippen molar-refractivity contribution in [3.63, 3.8) is 0 Å². The number of rotatable bonds is 3. The molecule has 0 amide bonds. The molecule has 0 saturated heterocycles. The summed E-state index contributed by atoms with van der Waals surface area (Å²) in [5.41, 5.74) is 8.70. The minimum atomic E-state index is -1.19. The molecule has 0 aliphatic rings. The van der Waals surface area contributed by atoms with Crippen LogP contribution < -0.4 is 5.73 Å². The van der Waals surface area contributed by atoms with Crippen molar-refractivity contribution >= 4 is 5.97 Å². The van der Waals surface area contributed by atoms with Crippen LogP contribution in [0.15, 0.2) is 0 Å². The summed E-state index contributed by atoms with van der Waals surface area (Å²) in [5, 5.41) is 8.18. The van der Waals surface area contributed by atoms with Crippen LogP contribution in [0.2, 0.25) is 0 Å². The van der Waals surface area contributed by atoms with Crippen molar-refractivity contribution in [1.82, 2.24) is 5.73 Å². The minimum Gasteiger partial charge on any atom is -0.480 e. The molecule has 0 unspecified atom stereocenters. The van der Waals surface area contributed by atoms with Crippen LogP contribution in [0.25, 0.3) is 0 Å². The van der Waals surface area contributed by atoms with Crippen molar-refractivity contribution < 1.29 is 9.90 Å². The Balaban J connectivity index is 3.50. The molecule has 0 fully saturated rings. The van der Waals surface area contributed by atoms with Crippen molar-refractivity contribution in [2.24, 2.45) is 5.92 Å². The first-order chi connectivity index (χ1) is 4.04. The largest absolute Gasteiger partial charge is 0.480 e. The van der Waals surface area contributed by atoms with Gasteiger partial charge < -0.3 is 5.11 Å². The van der Waals surface area contributed by atoms with Gasteiger partial charge in [-0.15, -0.1) is 5.73 Å². The lowest BCUT2D eigenvalue weighted by atomic mass is 10.1. The van der Waals surface area contributed by atoms with Gasteiger partial charge in [-0.3, -0.25) is 4.79 Å².